The molecular weight excluding hydrogens is 256 g/mol. The Labute approximate surface area is 118 Å². The summed E-state index contributed by atoms with van der Waals surface area (Å²) in [4.78, 5) is 24.5. The number of nitrogens with zero attached hydrogens (tertiary/aromatic N) is 1. The van der Waals surface area contributed by atoms with E-state index in [0.29, 0.717) is 0 Å². The molecule has 0 atom stereocenters. The van der Waals surface area contributed by atoms with Gasteiger partial charge in [-0.15, -0.1) is 0 Å². The molecule has 0 saturated carbocycles. The standard InChI is InChI=1S/C15H20N2O3/c1-15(2,14(19)20)16-13(18)10-7-11-5-8-12(9-6-11)17(3)4/h5-10H,1-4H3,(H,16,18)(H,19,20). The van der Waals surface area contributed by atoms with E-state index in [-0.39, 0.29) is 0 Å². The Morgan fingerprint density at radius 3 is 2.20 bits per heavy atom. The first-order chi connectivity index (χ1) is 9.22. The maximum Gasteiger partial charge on any atom is 0.328 e. The van der Waals surface area contributed by atoms with Crippen LogP contribution in [0.2, 0.25) is 0 Å². The monoisotopic (exact) mass is 276 g/mol. The van der Waals surface area contributed by atoms with Gasteiger partial charge in [0.15, 0.2) is 0 Å². The molecule has 0 aliphatic heterocycles. The lowest BCUT2D eigenvalue weighted by atomic mass is 10.1. The van der Waals surface area contributed by atoms with Gasteiger partial charge in [-0.3, -0.25) is 4.79 Å². The second-order valence-electron chi connectivity index (χ2n) is 5.24. The zero-order chi connectivity index (χ0) is 15.3. The number of hydrogen-bond acceptors (Lipinski definition) is 3. The van der Waals surface area contributed by atoms with E-state index >= 15 is 0 Å². The summed E-state index contributed by atoms with van der Waals surface area (Å²) in [6.45, 7) is 2.87. The van der Waals surface area contributed by atoms with Crippen molar-refractivity contribution in [1.82, 2.24) is 5.32 Å². The molecule has 0 aliphatic carbocycles. The summed E-state index contributed by atoms with van der Waals surface area (Å²) >= 11 is 0. The van der Waals surface area contributed by atoms with Gasteiger partial charge in [0.05, 0.1) is 0 Å². The first-order valence-electron chi connectivity index (χ1n) is 6.23. The van der Waals surface area contributed by atoms with Crippen molar-refractivity contribution in [2.24, 2.45) is 0 Å². The van der Waals surface area contributed by atoms with Crippen molar-refractivity contribution >= 4 is 23.6 Å². The van der Waals surface area contributed by atoms with E-state index in [4.69, 9.17) is 5.11 Å². The molecule has 0 saturated heterocycles. The average molecular weight is 276 g/mol. The molecule has 1 aromatic rings. The molecule has 108 valence electrons. The Balaban J connectivity index is 2.68. The Kier molecular flexibility index (Phi) is 4.91. The number of hydrogen-bond donors (Lipinski definition) is 2. The van der Waals surface area contributed by atoms with E-state index in [0.717, 1.165) is 11.3 Å². The lowest BCUT2D eigenvalue weighted by molar-refractivity contribution is -0.145. The van der Waals surface area contributed by atoms with Gasteiger partial charge in [-0.05, 0) is 37.6 Å². The first kappa shape index (κ1) is 15.8. The lowest BCUT2D eigenvalue weighted by Gasteiger charge is -2.19. The Bertz CT molecular complexity index is 516. The molecule has 1 rings (SSSR count). The van der Waals surface area contributed by atoms with Crippen molar-refractivity contribution < 1.29 is 14.7 Å². The second kappa shape index (κ2) is 6.23. The molecule has 0 fully saturated rings. The van der Waals surface area contributed by atoms with Gasteiger partial charge in [-0.2, -0.15) is 0 Å². The predicted octanol–water partition coefficient (Wildman–Crippen LogP) is 1.75. The zero-order valence-electron chi connectivity index (χ0n) is 12.2. The van der Waals surface area contributed by atoms with Crippen molar-refractivity contribution in [2.75, 3.05) is 19.0 Å². The van der Waals surface area contributed by atoms with Crippen molar-refractivity contribution in [2.45, 2.75) is 19.4 Å². The Hall–Kier alpha value is -2.30. The number of carboxylic acids is 1. The number of benzene rings is 1. The minimum atomic E-state index is -1.28. The number of anilines is 1. The van der Waals surface area contributed by atoms with Crippen LogP contribution in [0.4, 0.5) is 5.69 Å². The molecule has 0 spiro atoms. The summed E-state index contributed by atoms with van der Waals surface area (Å²) in [6.07, 6.45) is 2.97. The normalized spacial score (nSPS) is 11.4. The van der Waals surface area contributed by atoms with Crippen LogP contribution in [0, 0.1) is 0 Å². The minimum absolute atomic E-state index is 0.436. The van der Waals surface area contributed by atoms with Crippen molar-refractivity contribution in [1.29, 1.82) is 0 Å². The fourth-order valence-corrected chi connectivity index (χ4v) is 1.46. The van der Waals surface area contributed by atoms with E-state index in [1.807, 2.05) is 43.3 Å². The Morgan fingerprint density at radius 1 is 1.20 bits per heavy atom. The number of rotatable bonds is 5. The molecule has 5 nitrogen and oxygen atoms in total. The number of carbonyl (C=O) groups is 2. The highest BCUT2D eigenvalue weighted by molar-refractivity contribution is 5.95. The molecular formula is C15H20N2O3. The highest BCUT2D eigenvalue weighted by Crippen LogP contribution is 2.13. The summed E-state index contributed by atoms with van der Waals surface area (Å²) in [5, 5.41) is 11.3. The van der Waals surface area contributed by atoms with Gasteiger partial charge in [0.2, 0.25) is 5.91 Å². The van der Waals surface area contributed by atoms with Gasteiger partial charge in [0, 0.05) is 25.9 Å². The van der Waals surface area contributed by atoms with Crippen molar-refractivity contribution in [3.8, 4) is 0 Å². The minimum Gasteiger partial charge on any atom is -0.480 e. The second-order valence-corrected chi connectivity index (χ2v) is 5.24. The number of amides is 1. The Morgan fingerprint density at radius 2 is 1.75 bits per heavy atom. The fraction of sp³-hybridized carbons (Fsp3) is 0.333. The van der Waals surface area contributed by atoms with Gasteiger partial charge in [0.1, 0.15) is 5.54 Å². The largest absolute Gasteiger partial charge is 0.480 e. The summed E-state index contributed by atoms with van der Waals surface area (Å²) in [7, 11) is 3.90. The third-order valence-electron chi connectivity index (χ3n) is 2.81. The van der Waals surface area contributed by atoms with Crippen LogP contribution in [0.3, 0.4) is 0 Å². The van der Waals surface area contributed by atoms with Crippen LogP contribution in [0.1, 0.15) is 19.4 Å². The molecule has 5 heteroatoms. The molecule has 0 aromatic heterocycles. The van der Waals surface area contributed by atoms with Crippen LogP contribution in [-0.4, -0.2) is 36.6 Å². The summed E-state index contributed by atoms with van der Waals surface area (Å²) in [6, 6.07) is 7.67. The van der Waals surface area contributed by atoms with E-state index < -0.39 is 17.4 Å². The predicted molar refractivity (Wildman–Crippen MR) is 79.7 cm³/mol. The molecule has 1 aromatic carbocycles. The third-order valence-corrected chi connectivity index (χ3v) is 2.81. The lowest BCUT2D eigenvalue weighted by Crippen LogP contribution is -2.49. The first-order valence-corrected chi connectivity index (χ1v) is 6.23. The van der Waals surface area contributed by atoms with Crippen LogP contribution < -0.4 is 10.2 Å². The van der Waals surface area contributed by atoms with E-state index in [1.54, 1.807) is 6.08 Å². The topological polar surface area (TPSA) is 69.6 Å². The van der Waals surface area contributed by atoms with Gasteiger partial charge >= 0.3 is 5.97 Å². The average Bonchev–Trinajstić information content (AvgIpc) is 2.36. The summed E-state index contributed by atoms with van der Waals surface area (Å²) in [5.41, 5.74) is 0.661. The maximum atomic E-state index is 11.6. The van der Waals surface area contributed by atoms with E-state index in [2.05, 4.69) is 5.32 Å². The highest BCUT2D eigenvalue weighted by atomic mass is 16.4. The summed E-state index contributed by atoms with van der Waals surface area (Å²) < 4.78 is 0. The summed E-state index contributed by atoms with van der Waals surface area (Å²) in [5.74, 6) is -1.51. The van der Waals surface area contributed by atoms with Gasteiger partial charge in [-0.1, -0.05) is 12.1 Å². The number of nitrogens with one attached hydrogen (secondary N) is 1. The van der Waals surface area contributed by atoms with Crippen LogP contribution in [0.5, 0.6) is 0 Å². The van der Waals surface area contributed by atoms with E-state index in [1.165, 1.54) is 19.9 Å². The molecule has 0 bridgehead atoms. The molecule has 2 N–H and O–H groups in total. The molecule has 0 radical (unpaired) electrons. The van der Waals surface area contributed by atoms with Crippen LogP contribution >= 0.6 is 0 Å². The quantitative estimate of drug-likeness (QED) is 0.804. The fourth-order valence-electron chi connectivity index (χ4n) is 1.46. The van der Waals surface area contributed by atoms with Crippen LogP contribution in [0.15, 0.2) is 30.3 Å². The van der Waals surface area contributed by atoms with Crippen LogP contribution in [-0.2, 0) is 9.59 Å². The highest BCUT2D eigenvalue weighted by Gasteiger charge is 2.27. The maximum absolute atomic E-state index is 11.6. The number of aliphatic carboxylic acids is 1. The molecule has 1 amide bonds. The molecule has 20 heavy (non-hydrogen) atoms. The molecule has 0 aliphatic rings. The molecule has 0 heterocycles. The SMILES string of the molecule is CN(C)c1ccc(C=CC(=O)NC(C)(C)C(=O)O)cc1. The molecule has 0 unspecified atom stereocenters. The van der Waals surface area contributed by atoms with Gasteiger partial charge in [0.25, 0.3) is 0 Å². The van der Waals surface area contributed by atoms with Gasteiger partial charge in [-0.25, -0.2) is 4.79 Å². The zero-order valence-corrected chi connectivity index (χ0v) is 12.2. The number of carboxylic acid groups (broad SMARTS) is 1. The van der Waals surface area contributed by atoms with Gasteiger partial charge < -0.3 is 15.3 Å². The smallest absolute Gasteiger partial charge is 0.328 e. The third kappa shape index (κ3) is 4.42. The van der Waals surface area contributed by atoms with Crippen LogP contribution in [0.25, 0.3) is 6.08 Å². The van der Waals surface area contributed by atoms with E-state index in [9.17, 15) is 9.59 Å². The van der Waals surface area contributed by atoms with Crippen molar-refractivity contribution in [3.63, 3.8) is 0 Å². The number of carbonyl (C=O) groups excluding carboxylic acids is 1. The van der Waals surface area contributed by atoms with Crippen molar-refractivity contribution in [3.05, 3.63) is 35.9 Å².